The Morgan fingerprint density at radius 3 is 2.80 bits per heavy atom. The minimum atomic E-state index is 0.574. The van der Waals surface area contributed by atoms with Crippen LogP contribution in [0.1, 0.15) is 39.8 Å². The number of nitrogens with one attached hydrogen (secondary N) is 1. The first kappa shape index (κ1) is 15.4. The van der Waals surface area contributed by atoms with Crippen molar-refractivity contribution in [1.82, 2.24) is 14.7 Å². The summed E-state index contributed by atoms with van der Waals surface area (Å²) in [5, 5.41) is 5.24. The highest BCUT2D eigenvalue weighted by Crippen LogP contribution is 2.30. The highest BCUT2D eigenvalue weighted by Gasteiger charge is 2.16. The molecule has 0 aliphatic rings. The van der Waals surface area contributed by atoms with Crippen molar-refractivity contribution in [1.29, 1.82) is 0 Å². The molecule has 0 fully saturated rings. The number of thioether (sulfide) groups is 1. The Morgan fingerprint density at radius 2 is 2.10 bits per heavy atom. The summed E-state index contributed by atoms with van der Waals surface area (Å²) < 4.78 is 2.21. The maximum atomic E-state index is 4.80. The fourth-order valence-electron chi connectivity index (χ4n) is 1.98. The number of hydrogen-bond donors (Lipinski definition) is 1. The van der Waals surface area contributed by atoms with Gasteiger partial charge in [-0.05, 0) is 31.0 Å². The Balaban J connectivity index is 2.28. The molecule has 0 bridgehead atoms. The Labute approximate surface area is 126 Å². The van der Waals surface area contributed by atoms with E-state index in [0.717, 1.165) is 25.2 Å². The largest absolute Gasteiger partial charge is 0.311 e. The molecule has 2 heterocycles. The predicted octanol–water partition coefficient (Wildman–Crippen LogP) is 3.97. The quantitative estimate of drug-likeness (QED) is 0.618. The SMILES string of the molecule is CCCNCc1c(SC(C)C(C)C)nc2ccccn12. The van der Waals surface area contributed by atoms with E-state index in [1.807, 2.05) is 17.8 Å². The molecule has 0 spiro atoms. The van der Waals surface area contributed by atoms with Crippen LogP contribution in [0.2, 0.25) is 0 Å². The minimum absolute atomic E-state index is 0.574. The van der Waals surface area contributed by atoms with Crippen LogP contribution in [-0.2, 0) is 6.54 Å². The van der Waals surface area contributed by atoms with Gasteiger partial charge in [-0.1, -0.05) is 33.8 Å². The van der Waals surface area contributed by atoms with Crippen molar-refractivity contribution in [2.24, 2.45) is 5.92 Å². The van der Waals surface area contributed by atoms with Gasteiger partial charge in [0.25, 0.3) is 0 Å². The van der Waals surface area contributed by atoms with Crippen LogP contribution in [0.3, 0.4) is 0 Å². The van der Waals surface area contributed by atoms with Crippen LogP contribution in [0.5, 0.6) is 0 Å². The molecule has 0 amide bonds. The van der Waals surface area contributed by atoms with Crippen molar-refractivity contribution >= 4 is 17.4 Å². The summed E-state index contributed by atoms with van der Waals surface area (Å²) in [5.74, 6) is 0.654. The molecule has 110 valence electrons. The minimum Gasteiger partial charge on any atom is -0.311 e. The molecular weight excluding hydrogens is 266 g/mol. The molecule has 3 nitrogen and oxygen atoms in total. The van der Waals surface area contributed by atoms with Gasteiger partial charge < -0.3 is 9.72 Å². The average molecular weight is 291 g/mol. The molecular formula is C16H25N3S. The van der Waals surface area contributed by atoms with Gasteiger partial charge >= 0.3 is 0 Å². The van der Waals surface area contributed by atoms with Crippen LogP contribution in [0.25, 0.3) is 5.65 Å². The summed E-state index contributed by atoms with van der Waals surface area (Å²) in [5.41, 5.74) is 2.32. The van der Waals surface area contributed by atoms with Crippen LogP contribution < -0.4 is 5.32 Å². The van der Waals surface area contributed by atoms with Crippen molar-refractivity contribution in [3.63, 3.8) is 0 Å². The number of aromatic nitrogens is 2. The van der Waals surface area contributed by atoms with E-state index in [4.69, 9.17) is 4.98 Å². The van der Waals surface area contributed by atoms with E-state index in [0.29, 0.717) is 11.2 Å². The van der Waals surface area contributed by atoms with Gasteiger partial charge in [0.2, 0.25) is 0 Å². The number of imidazole rings is 1. The normalized spacial score (nSPS) is 13.2. The Bertz CT molecular complexity index is 548. The smallest absolute Gasteiger partial charge is 0.138 e. The third kappa shape index (κ3) is 3.55. The summed E-state index contributed by atoms with van der Waals surface area (Å²) in [7, 11) is 0. The van der Waals surface area contributed by atoms with Gasteiger partial charge in [-0.3, -0.25) is 0 Å². The molecule has 0 radical (unpaired) electrons. The van der Waals surface area contributed by atoms with E-state index >= 15 is 0 Å². The first-order valence-electron chi connectivity index (χ1n) is 7.46. The first-order valence-corrected chi connectivity index (χ1v) is 8.34. The van der Waals surface area contributed by atoms with Crippen LogP contribution >= 0.6 is 11.8 Å². The highest BCUT2D eigenvalue weighted by atomic mass is 32.2. The molecule has 0 aliphatic carbocycles. The Morgan fingerprint density at radius 1 is 1.30 bits per heavy atom. The zero-order valence-corrected chi connectivity index (χ0v) is 13.7. The lowest BCUT2D eigenvalue weighted by Crippen LogP contribution is -2.16. The van der Waals surface area contributed by atoms with Crippen LogP contribution in [0.4, 0.5) is 0 Å². The lowest BCUT2D eigenvalue weighted by atomic mass is 10.2. The van der Waals surface area contributed by atoms with Crippen LogP contribution in [0.15, 0.2) is 29.4 Å². The number of pyridine rings is 1. The second-order valence-electron chi connectivity index (χ2n) is 5.54. The van der Waals surface area contributed by atoms with Gasteiger partial charge in [0.05, 0.1) is 5.69 Å². The molecule has 0 saturated carbocycles. The van der Waals surface area contributed by atoms with Crippen molar-refractivity contribution in [3.05, 3.63) is 30.1 Å². The molecule has 0 aliphatic heterocycles. The summed E-state index contributed by atoms with van der Waals surface area (Å²) in [6, 6.07) is 6.19. The van der Waals surface area contributed by atoms with Gasteiger partial charge in [0.15, 0.2) is 0 Å². The second kappa shape index (κ2) is 7.14. The number of rotatable bonds is 7. The average Bonchev–Trinajstić information content (AvgIpc) is 2.77. The van der Waals surface area contributed by atoms with Crippen molar-refractivity contribution in [3.8, 4) is 0 Å². The molecule has 0 aromatic carbocycles. The maximum absolute atomic E-state index is 4.80. The molecule has 20 heavy (non-hydrogen) atoms. The lowest BCUT2D eigenvalue weighted by Gasteiger charge is -2.14. The van der Waals surface area contributed by atoms with E-state index < -0.39 is 0 Å². The Kier molecular flexibility index (Phi) is 5.49. The molecule has 2 aromatic heterocycles. The van der Waals surface area contributed by atoms with Gasteiger partial charge in [-0.2, -0.15) is 0 Å². The summed E-state index contributed by atoms with van der Waals surface area (Å²) in [6.45, 7) is 10.9. The zero-order valence-electron chi connectivity index (χ0n) is 12.9. The van der Waals surface area contributed by atoms with Crippen LogP contribution in [-0.4, -0.2) is 21.2 Å². The topological polar surface area (TPSA) is 29.3 Å². The number of hydrogen-bond acceptors (Lipinski definition) is 3. The van der Waals surface area contributed by atoms with Gasteiger partial charge in [-0.25, -0.2) is 4.98 Å². The molecule has 1 unspecified atom stereocenters. The zero-order chi connectivity index (χ0) is 14.5. The molecule has 1 atom stereocenters. The molecule has 1 N–H and O–H groups in total. The molecule has 2 aromatic rings. The van der Waals surface area contributed by atoms with E-state index in [2.05, 4.69) is 55.7 Å². The first-order chi connectivity index (χ1) is 9.63. The van der Waals surface area contributed by atoms with Crippen molar-refractivity contribution in [2.45, 2.75) is 50.9 Å². The van der Waals surface area contributed by atoms with E-state index in [-0.39, 0.29) is 0 Å². The summed E-state index contributed by atoms with van der Waals surface area (Å²) in [4.78, 5) is 4.80. The van der Waals surface area contributed by atoms with E-state index in [9.17, 15) is 0 Å². The van der Waals surface area contributed by atoms with E-state index in [1.54, 1.807) is 0 Å². The third-order valence-corrected chi connectivity index (χ3v) is 5.01. The van der Waals surface area contributed by atoms with Gasteiger partial charge in [0.1, 0.15) is 10.7 Å². The summed E-state index contributed by atoms with van der Waals surface area (Å²) in [6.07, 6.45) is 3.26. The summed E-state index contributed by atoms with van der Waals surface area (Å²) >= 11 is 1.89. The fourth-order valence-corrected chi connectivity index (χ4v) is 3.05. The highest BCUT2D eigenvalue weighted by molar-refractivity contribution is 7.99. The number of nitrogens with zero attached hydrogens (tertiary/aromatic N) is 2. The van der Waals surface area contributed by atoms with Crippen molar-refractivity contribution < 1.29 is 0 Å². The second-order valence-corrected chi connectivity index (χ2v) is 6.90. The number of fused-ring (bicyclic) bond motifs is 1. The fraction of sp³-hybridized carbons (Fsp3) is 0.562. The predicted molar refractivity (Wildman–Crippen MR) is 87.3 cm³/mol. The van der Waals surface area contributed by atoms with Crippen molar-refractivity contribution in [2.75, 3.05) is 6.54 Å². The third-order valence-electron chi connectivity index (χ3n) is 3.55. The maximum Gasteiger partial charge on any atom is 0.138 e. The van der Waals surface area contributed by atoms with Gasteiger partial charge in [-0.15, -0.1) is 11.8 Å². The van der Waals surface area contributed by atoms with Crippen LogP contribution in [0, 0.1) is 5.92 Å². The standard InChI is InChI=1S/C16H25N3S/c1-5-9-17-11-14-16(20-13(4)12(2)3)18-15-8-6-7-10-19(14)15/h6-8,10,12-13,17H,5,9,11H2,1-4H3. The lowest BCUT2D eigenvalue weighted by molar-refractivity contribution is 0.637. The monoisotopic (exact) mass is 291 g/mol. The Hall–Kier alpha value is -1.00. The molecule has 2 rings (SSSR count). The molecule has 0 saturated heterocycles. The molecule has 4 heteroatoms. The van der Waals surface area contributed by atoms with E-state index in [1.165, 1.54) is 10.7 Å². The van der Waals surface area contributed by atoms with Gasteiger partial charge in [0, 0.05) is 18.0 Å².